The van der Waals surface area contributed by atoms with Crippen LogP contribution in [-0.2, 0) is 0 Å². The van der Waals surface area contributed by atoms with Gasteiger partial charge in [0.2, 0.25) is 5.88 Å². The van der Waals surface area contributed by atoms with Gasteiger partial charge in [0.05, 0.1) is 18.3 Å². The first-order chi connectivity index (χ1) is 18.3. The van der Waals surface area contributed by atoms with Gasteiger partial charge in [0.25, 0.3) is 11.5 Å². The molecule has 0 spiro atoms. The molecule has 1 N–H and O–H groups in total. The van der Waals surface area contributed by atoms with Gasteiger partial charge in [-0.25, -0.2) is 18.7 Å². The molecule has 0 unspecified atom stereocenters. The fraction of sp³-hybridized carbons (Fsp3) is 0.0741. The predicted molar refractivity (Wildman–Crippen MR) is 135 cm³/mol. The SMILES string of the molecule is COc1ccc2nccc(Oc3ccc(NC(=O)c4cnc(C)n(-c5ccc(F)cc5)c4=O)cc3F)c2n1. The number of hydrogen-bond donors (Lipinski definition) is 1. The van der Waals surface area contributed by atoms with Crippen molar-refractivity contribution in [2.45, 2.75) is 6.92 Å². The number of aryl methyl sites for hydroxylation is 1. The summed E-state index contributed by atoms with van der Waals surface area (Å²) in [5.74, 6) is -1.22. The van der Waals surface area contributed by atoms with Gasteiger partial charge < -0.3 is 14.8 Å². The van der Waals surface area contributed by atoms with Crippen LogP contribution in [0.3, 0.4) is 0 Å². The average molecular weight is 515 g/mol. The zero-order valence-electron chi connectivity index (χ0n) is 20.1. The summed E-state index contributed by atoms with van der Waals surface area (Å²) in [4.78, 5) is 38.5. The highest BCUT2D eigenvalue weighted by molar-refractivity contribution is 6.03. The lowest BCUT2D eigenvalue weighted by Crippen LogP contribution is -2.30. The molecule has 0 aliphatic carbocycles. The van der Waals surface area contributed by atoms with Crippen molar-refractivity contribution in [1.29, 1.82) is 0 Å². The van der Waals surface area contributed by atoms with Crippen LogP contribution >= 0.6 is 0 Å². The number of amides is 1. The summed E-state index contributed by atoms with van der Waals surface area (Å²) in [5.41, 5.74) is 0.420. The maximum Gasteiger partial charge on any atom is 0.270 e. The molecule has 0 radical (unpaired) electrons. The van der Waals surface area contributed by atoms with Crippen molar-refractivity contribution in [3.63, 3.8) is 0 Å². The second-order valence-electron chi connectivity index (χ2n) is 8.07. The molecule has 38 heavy (non-hydrogen) atoms. The number of ether oxygens (including phenoxy) is 2. The van der Waals surface area contributed by atoms with E-state index in [4.69, 9.17) is 9.47 Å². The van der Waals surface area contributed by atoms with E-state index in [1.807, 2.05) is 0 Å². The van der Waals surface area contributed by atoms with Crippen LogP contribution in [0.5, 0.6) is 17.4 Å². The number of rotatable bonds is 6. The second kappa shape index (κ2) is 10.1. The largest absolute Gasteiger partial charge is 0.481 e. The number of aromatic nitrogens is 4. The third-order valence-corrected chi connectivity index (χ3v) is 5.61. The molecule has 3 aromatic heterocycles. The predicted octanol–water partition coefficient (Wildman–Crippen LogP) is 4.82. The Kier molecular flexibility index (Phi) is 6.48. The van der Waals surface area contributed by atoms with Crippen LogP contribution in [0.15, 0.2) is 77.9 Å². The Balaban J connectivity index is 1.39. The van der Waals surface area contributed by atoms with Gasteiger partial charge in [-0.3, -0.25) is 19.1 Å². The molecular weight excluding hydrogens is 496 g/mol. The first kappa shape index (κ1) is 24.5. The van der Waals surface area contributed by atoms with E-state index < -0.39 is 23.1 Å². The normalized spacial score (nSPS) is 10.8. The summed E-state index contributed by atoms with van der Waals surface area (Å²) in [6.45, 7) is 1.58. The van der Waals surface area contributed by atoms with Gasteiger partial charge in [-0.2, -0.15) is 0 Å². The number of carbonyl (C=O) groups is 1. The van der Waals surface area contributed by atoms with Gasteiger partial charge in [0.15, 0.2) is 17.3 Å². The fourth-order valence-corrected chi connectivity index (χ4v) is 3.75. The molecule has 5 aromatic rings. The molecule has 0 bridgehead atoms. The summed E-state index contributed by atoms with van der Waals surface area (Å²) in [6, 6.07) is 13.9. The maximum absolute atomic E-state index is 14.9. The number of nitrogens with zero attached hydrogens (tertiary/aromatic N) is 4. The van der Waals surface area contributed by atoms with Crippen molar-refractivity contribution < 1.29 is 23.0 Å². The fourth-order valence-electron chi connectivity index (χ4n) is 3.75. The zero-order chi connectivity index (χ0) is 26.8. The minimum Gasteiger partial charge on any atom is -0.481 e. The molecule has 11 heteroatoms. The summed E-state index contributed by atoms with van der Waals surface area (Å²) >= 11 is 0. The van der Waals surface area contributed by atoms with E-state index in [1.54, 1.807) is 25.1 Å². The Morgan fingerprint density at radius 3 is 2.50 bits per heavy atom. The molecule has 2 aromatic carbocycles. The Morgan fingerprint density at radius 1 is 0.974 bits per heavy atom. The third-order valence-electron chi connectivity index (χ3n) is 5.61. The van der Waals surface area contributed by atoms with E-state index >= 15 is 0 Å². The van der Waals surface area contributed by atoms with Crippen LogP contribution in [0.25, 0.3) is 16.7 Å². The molecule has 1 amide bonds. The van der Waals surface area contributed by atoms with Crippen molar-refractivity contribution >= 4 is 22.6 Å². The monoisotopic (exact) mass is 515 g/mol. The molecule has 9 nitrogen and oxygen atoms in total. The van der Waals surface area contributed by atoms with Gasteiger partial charge in [0, 0.05) is 36.3 Å². The van der Waals surface area contributed by atoms with Crippen molar-refractivity contribution in [3.05, 3.63) is 106 Å². The first-order valence-corrected chi connectivity index (χ1v) is 11.3. The molecule has 190 valence electrons. The third kappa shape index (κ3) is 4.76. The molecule has 3 heterocycles. The van der Waals surface area contributed by atoms with Crippen LogP contribution in [0.2, 0.25) is 0 Å². The van der Waals surface area contributed by atoms with E-state index in [2.05, 4.69) is 20.3 Å². The Morgan fingerprint density at radius 2 is 1.76 bits per heavy atom. The topological polar surface area (TPSA) is 108 Å². The maximum atomic E-state index is 14.9. The molecule has 0 fully saturated rings. The van der Waals surface area contributed by atoms with Gasteiger partial charge in [-0.1, -0.05) is 0 Å². The number of nitrogens with one attached hydrogen (secondary N) is 1. The smallest absolute Gasteiger partial charge is 0.270 e. The second-order valence-corrected chi connectivity index (χ2v) is 8.07. The lowest BCUT2D eigenvalue weighted by molar-refractivity contribution is 0.102. The van der Waals surface area contributed by atoms with Crippen LogP contribution < -0.4 is 20.3 Å². The number of pyridine rings is 2. The van der Waals surface area contributed by atoms with Crippen molar-refractivity contribution in [2.75, 3.05) is 12.4 Å². The van der Waals surface area contributed by atoms with Crippen LogP contribution in [0, 0.1) is 18.6 Å². The number of benzene rings is 2. The number of anilines is 1. The summed E-state index contributed by atoms with van der Waals surface area (Å²) in [6.07, 6.45) is 2.64. The standard InChI is InChI=1S/C27H19F2N5O4/c1-15-31-14-19(27(36)34(15)18-6-3-16(28)4-7-18)26(35)32-17-5-9-22(20(29)13-17)38-23-11-12-30-21-8-10-24(37-2)33-25(21)23/h3-14H,1-2H3,(H,32,35). The Labute approximate surface area is 214 Å². The van der Waals surface area contributed by atoms with Gasteiger partial charge in [0.1, 0.15) is 22.7 Å². The highest BCUT2D eigenvalue weighted by Gasteiger charge is 2.18. The van der Waals surface area contributed by atoms with E-state index in [1.165, 1.54) is 54.3 Å². The van der Waals surface area contributed by atoms with E-state index in [0.717, 1.165) is 12.3 Å². The van der Waals surface area contributed by atoms with Gasteiger partial charge in [-0.05, 0) is 49.4 Å². The lowest BCUT2D eigenvalue weighted by Gasteiger charge is -2.12. The van der Waals surface area contributed by atoms with Crippen molar-refractivity contribution in [1.82, 2.24) is 19.5 Å². The van der Waals surface area contributed by atoms with Crippen LogP contribution in [-0.4, -0.2) is 32.5 Å². The van der Waals surface area contributed by atoms with Gasteiger partial charge >= 0.3 is 0 Å². The van der Waals surface area contributed by atoms with E-state index in [0.29, 0.717) is 28.4 Å². The quantitative estimate of drug-likeness (QED) is 0.346. The zero-order valence-corrected chi connectivity index (χ0v) is 20.1. The Bertz CT molecular complexity index is 1740. The molecule has 0 aliphatic heterocycles. The number of halogens is 2. The van der Waals surface area contributed by atoms with Crippen LogP contribution in [0.1, 0.15) is 16.2 Å². The minimum atomic E-state index is -0.789. The number of fused-ring (bicyclic) bond motifs is 1. The van der Waals surface area contributed by atoms with Crippen molar-refractivity contribution in [2.24, 2.45) is 0 Å². The van der Waals surface area contributed by atoms with E-state index in [-0.39, 0.29) is 22.7 Å². The lowest BCUT2D eigenvalue weighted by atomic mass is 10.2. The average Bonchev–Trinajstić information content (AvgIpc) is 2.91. The summed E-state index contributed by atoms with van der Waals surface area (Å²) < 4.78 is 40.3. The number of methoxy groups -OCH3 is 1. The summed E-state index contributed by atoms with van der Waals surface area (Å²) in [7, 11) is 1.47. The van der Waals surface area contributed by atoms with E-state index in [9.17, 15) is 18.4 Å². The number of carbonyl (C=O) groups excluding carboxylic acids is 1. The minimum absolute atomic E-state index is 0.0903. The first-order valence-electron chi connectivity index (χ1n) is 11.3. The summed E-state index contributed by atoms with van der Waals surface area (Å²) in [5, 5.41) is 2.50. The molecule has 0 aliphatic rings. The van der Waals surface area contributed by atoms with Gasteiger partial charge in [-0.15, -0.1) is 0 Å². The van der Waals surface area contributed by atoms with Crippen LogP contribution in [0.4, 0.5) is 14.5 Å². The molecule has 5 rings (SSSR count). The molecule has 0 saturated carbocycles. The molecule has 0 atom stereocenters. The van der Waals surface area contributed by atoms with Crippen molar-refractivity contribution in [3.8, 4) is 23.1 Å². The molecule has 0 saturated heterocycles. The Hall–Kier alpha value is -5.19. The highest BCUT2D eigenvalue weighted by Crippen LogP contribution is 2.31. The highest BCUT2D eigenvalue weighted by atomic mass is 19.1. The molecular formula is C27H19F2N5O4. The number of hydrogen-bond acceptors (Lipinski definition) is 7.